The van der Waals surface area contributed by atoms with Crippen LogP contribution in [0.5, 0.6) is 5.75 Å². The quantitative estimate of drug-likeness (QED) is 0.924. The predicted molar refractivity (Wildman–Crippen MR) is 65.6 cm³/mol. The summed E-state index contributed by atoms with van der Waals surface area (Å²) in [6, 6.07) is 5.59. The highest BCUT2D eigenvalue weighted by molar-refractivity contribution is 9.10. The minimum Gasteiger partial charge on any atom is -0.492 e. The Morgan fingerprint density at radius 1 is 1.53 bits per heavy atom. The first-order valence-corrected chi connectivity index (χ1v) is 6.21. The summed E-state index contributed by atoms with van der Waals surface area (Å²) in [5.74, 6) is 1.50. The molecule has 1 aromatic rings. The molecule has 0 aromatic heterocycles. The Morgan fingerprint density at radius 2 is 2.40 bits per heavy atom. The Balaban J connectivity index is 1.92. The molecule has 0 saturated carbocycles. The van der Waals surface area contributed by atoms with Crippen molar-refractivity contribution in [1.82, 2.24) is 5.32 Å². The van der Waals surface area contributed by atoms with E-state index in [1.165, 1.54) is 6.42 Å². The van der Waals surface area contributed by atoms with Gasteiger partial charge in [0.2, 0.25) is 0 Å². The highest BCUT2D eigenvalue weighted by Crippen LogP contribution is 2.28. The van der Waals surface area contributed by atoms with Gasteiger partial charge in [0.25, 0.3) is 0 Å². The van der Waals surface area contributed by atoms with Gasteiger partial charge in [-0.15, -0.1) is 0 Å². The SMILES string of the molecule is Clc1ccc(OC[C@H]2CCNC2)c(Br)c1. The summed E-state index contributed by atoms with van der Waals surface area (Å²) in [5.41, 5.74) is 0. The minimum absolute atomic E-state index is 0.632. The van der Waals surface area contributed by atoms with Crippen molar-refractivity contribution in [1.29, 1.82) is 0 Å². The number of hydrogen-bond donors (Lipinski definition) is 1. The zero-order valence-corrected chi connectivity index (χ0v) is 10.6. The predicted octanol–water partition coefficient (Wildman–Crippen LogP) is 3.09. The maximum absolute atomic E-state index is 5.85. The monoisotopic (exact) mass is 289 g/mol. The normalized spacial score (nSPS) is 20.5. The van der Waals surface area contributed by atoms with Crippen LogP contribution in [0.2, 0.25) is 5.02 Å². The van der Waals surface area contributed by atoms with Crippen molar-refractivity contribution >= 4 is 27.5 Å². The molecular weight excluding hydrogens is 277 g/mol. The van der Waals surface area contributed by atoms with E-state index in [0.29, 0.717) is 5.92 Å². The summed E-state index contributed by atoms with van der Waals surface area (Å²) in [4.78, 5) is 0. The maximum Gasteiger partial charge on any atom is 0.133 e. The van der Waals surface area contributed by atoms with E-state index < -0.39 is 0 Å². The van der Waals surface area contributed by atoms with Crippen LogP contribution in [0.25, 0.3) is 0 Å². The molecule has 0 bridgehead atoms. The first kappa shape index (κ1) is 11.2. The van der Waals surface area contributed by atoms with Gasteiger partial charge in [0, 0.05) is 17.5 Å². The summed E-state index contributed by atoms with van der Waals surface area (Å²) in [6.45, 7) is 2.94. The van der Waals surface area contributed by atoms with Gasteiger partial charge in [-0.1, -0.05) is 11.6 Å². The molecule has 1 fully saturated rings. The Labute approximate surface area is 103 Å². The Hall–Kier alpha value is -0.250. The number of hydrogen-bond acceptors (Lipinski definition) is 2. The molecule has 0 aliphatic carbocycles. The number of rotatable bonds is 3. The zero-order valence-electron chi connectivity index (χ0n) is 8.30. The van der Waals surface area contributed by atoms with Crippen LogP contribution in [0.4, 0.5) is 0 Å². The standard InChI is InChI=1S/C11H13BrClNO/c12-10-5-9(13)1-2-11(10)15-7-8-3-4-14-6-8/h1-2,5,8,14H,3-4,6-7H2/t8-/m0/s1. The summed E-state index contributed by atoms with van der Waals surface area (Å²) >= 11 is 9.28. The van der Waals surface area contributed by atoms with Gasteiger partial charge in [0.15, 0.2) is 0 Å². The third kappa shape index (κ3) is 3.10. The van der Waals surface area contributed by atoms with E-state index in [0.717, 1.165) is 34.9 Å². The van der Waals surface area contributed by atoms with Crippen LogP contribution in [0.15, 0.2) is 22.7 Å². The molecular formula is C11H13BrClNO. The van der Waals surface area contributed by atoms with Gasteiger partial charge in [-0.2, -0.15) is 0 Å². The molecule has 0 unspecified atom stereocenters. The molecule has 82 valence electrons. The second-order valence-electron chi connectivity index (χ2n) is 3.74. The average molecular weight is 291 g/mol. The Bertz CT molecular complexity index is 339. The third-order valence-corrected chi connectivity index (χ3v) is 3.39. The Morgan fingerprint density at radius 3 is 3.07 bits per heavy atom. The van der Waals surface area contributed by atoms with Crippen LogP contribution in [0.3, 0.4) is 0 Å². The lowest BCUT2D eigenvalue weighted by Crippen LogP contribution is -2.15. The van der Waals surface area contributed by atoms with Crippen molar-refractivity contribution in [2.75, 3.05) is 19.7 Å². The number of halogens is 2. The first-order valence-electron chi connectivity index (χ1n) is 5.04. The fraction of sp³-hybridized carbons (Fsp3) is 0.455. The summed E-state index contributed by atoms with van der Waals surface area (Å²) in [7, 11) is 0. The number of ether oxygens (including phenoxy) is 1. The van der Waals surface area contributed by atoms with Crippen LogP contribution in [-0.2, 0) is 0 Å². The molecule has 15 heavy (non-hydrogen) atoms. The molecule has 1 N–H and O–H groups in total. The highest BCUT2D eigenvalue weighted by Gasteiger charge is 2.15. The van der Waals surface area contributed by atoms with Crippen molar-refractivity contribution in [3.05, 3.63) is 27.7 Å². The van der Waals surface area contributed by atoms with Crippen LogP contribution in [-0.4, -0.2) is 19.7 Å². The van der Waals surface area contributed by atoms with E-state index in [9.17, 15) is 0 Å². The van der Waals surface area contributed by atoms with E-state index in [1.54, 1.807) is 0 Å². The van der Waals surface area contributed by atoms with Crippen molar-refractivity contribution in [3.8, 4) is 5.75 Å². The molecule has 1 aromatic carbocycles. The van der Waals surface area contributed by atoms with Gasteiger partial charge in [-0.3, -0.25) is 0 Å². The fourth-order valence-corrected chi connectivity index (χ4v) is 2.45. The molecule has 1 heterocycles. The molecule has 4 heteroatoms. The second-order valence-corrected chi connectivity index (χ2v) is 5.04. The van der Waals surface area contributed by atoms with E-state index in [2.05, 4.69) is 21.2 Å². The van der Waals surface area contributed by atoms with E-state index in [1.807, 2.05) is 18.2 Å². The molecule has 0 radical (unpaired) electrons. The van der Waals surface area contributed by atoms with Gasteiger partial charge in [0.1, 0.15) is 5.75 Å². The van der Waals surface area contributed by atoms with Gasteiger partial charge in [-0.25, -0.2) is 0 Å². The molecule has 1 saturated heterocycles. The van der Waals surface area contributed by atoms with Gasteiger partial charge in [-0.05, 0) is 47.1 Å². The lowest BCUT2D eigenvalue weighted by Gasteiger charge is -2.12. The van der Waals surface area contributed by atoms with Gasteiger partial charge in [0.05, 0.1) is 11.1 Å². The van der Waals surface area contributed by atoms with Crippen molar-refractivity contribution < 1.29 is 4.74 Å². The van der Waals surface area contributed by atoms with E-state index >= 15 is 0 Å². The van der Waals surface area contributed by atoms with Crippen molar-refractivity contribution in [2.45, 2.75) is 6.42 Å². The smallest absolute Gasteiger partial charge is 0.133 e. The van der Waals surface area contributed by atoms with Crippen LogP contribution >= 0.6 is 27.5 Å². The Kier molecular flexibility index (Phi) is 3.89. The number of nitrogens with one attached hydrogen (secondary N) is 1. The maximum atomic E-state index is 5.85. The molecule has 0 spiro atoms. The van der Waals surface area contributed by atoms with Crippen LogP contribution in [0.1, 0.15) is 6.42 Å². The molecule has 2 rings (SSSR count). The summed E-state index contributed by atoms with van der Waals surface area (Å²) < 4.78 is 6.65. The first-order chi connectivity index (χ1) is 7.25. The lowest BCUT2D eigenvalue weighted by molar-refractivity contribution is 0.258. The fourth-order valence-electron chi connectivity index (χ4n) is 1.66. The van der Waals surface area contributed by atoms with Crippen molar-refractivity contribution in [3.63, 3.8) is 0 Å². The molecule has 2 nitrogen and oxygen atoms in total. The molecule has 1 aliphatic heterocycles. The molecule has 1 atom stereocenters. The third-order valence-electron chi connectivity index (χ3n) is 2.53. The van der Waals surface area contributed by atoms with Crippen molar-refractivity contribution in [2.24, 2.45) is 5.92 Å². The second kappa shape index (κ2) is 5.19. The van der Waals surface area contributed by atoms with Crippen LogP contribution in [0, 0.1) is 5.92 Å². The highest BCUT2D eigenvalue weighted by atomic mass is 79.9. The summed E-state index contributed by atoms with van der Waals surface area (Å²) in [6.07, 6.45) is 1.20. The minimum atomic E-state index is 0.632. The molecule has 1 aliphatic rings. The van der Waals surface area contributed by atoms with Gasteiger partial charge >= 0.3 is 0 Å². The average Bonchev–Trinajstić information content (AvgIpc) is 2.69. The van der Waals surface area contributed by atoms with Gasteiger partial charge < -0.3 is 10.1 Å². The molecule has 0 amide bonds. The largest absolute Gasteiger partial charge is 0.492 e. The summed E-state index contributed by atoms with van der Waals surface area (Å²) in [5, 5.41) is 4.04. The van der Waals surface area contributed by atoms with Crippen LogP contribution < -0.4 is 10.1 Å². The number of benzene rings is 1. The van der Waals surface area contributed by atoms with E-state index in [-0.39, 0.29) is 0 Å². The topological polar surface area (TPSA) is 21.3 Å². The van der Waals surface area contributed by atoms with E-state index in [4.69, 9.17) is 16.3 Å². The lowest BCUT2D eigenvalue weighted by atomic mass is 10.1. The zero-order chi connectivity index (χ0) is 10.7.